The van der Waals surface area contributed by atoms with Crippen molar-refractivity contribution in [1.29, 1.82) is 0 Å². The lowest BCUT2D eigenvalue weighted by Crippen LogP contribution is -2.57. The van der Waals surface area contributed by atoms with Crippen LogP contribution >= 0.6 is 22.7 Å². The van der Waals surface area contributed by atoms with E-state index in [0.717, 1.165) is 37.5 Å². The SMILES string of the molecule is Cc1ncsc1-c1ccc(CNC(=O)[C@@H]2C[C@@H](O)CN2C(=O)[C@@H](NC(=O)CCCCC(=O)N2CC(c3sc4nnc(-c5ccccc5O)cc4c3C)C2)C(C)(C)C)cc1. The summed E-state index contributed by atoms with van der Waals surface area (Å²) in [6, 6.07) is 15.1. The van der Waals surface area contributed by atoms with Crippen molar-refractivity contribution < 1.29 is 29.4 Å². The number of thiazole rings is 1. The monoisotopic (exact) mass is 837 g/mol. The number of rotatable bonds is 13. The number of aliphatic hydroxyl groups excluding tert-OH is 1. The molecular weight excluding hydrogens is 787 g/mol. The molecule has 0 saturated carbocycles. The number of benzene rings is 2. The molecule has 4 amide bonds. The second-order valence-corrected chi connectivity index (χ2v) is 18.6. The van der Waals surface area contributed by atoms with E-state index in [2.05, 4.69) is 32.7 Å². The maximum atomic E-state index is 14.0. The van der Waals surface area contributed by atoms with E-state index in [0.29, 0.717) is 43.6 Å². The van der Waals surface area contributed by atoms with Crippen molar-refractivity contribution in [1.82, 2.24) is 35.6 Å². The van der Waals surface area contributed by atoms with Gasteiger partial charge < -0.3 is 30.6 Å². The second kappa shape index (κ2) is 17.5. The second-order valence-electron chi connectivity index (χ2n) is 16.7. The number of aryl methyl sites for hydroxylation is 2. The quantitative estimate of drug-likeness (QED) is 0.102. The lowest BCUT2D eigenvalue weighted by atomic mass is 9.85. The first-order chi connectivity index (χ1) is 28.2. The molecule has 7 rings (SSSR count). The number of unbranched alkanes of at least 4 members (excludes halogenated alkanes) is 1. The number of fused-ring (bicyclic) bond motifs is 1. The molecule has 2 aromatic carbocycles. The van der Waals surface area contributed by atoms with Gasteiger partial charge in [0, 0.05) is 67.2 Å². The van der Waals surface area contributed by atoms with Crippen molar-refractivity contribution in [2.75, 3.05) is 19.6 Å². The molecule has 2 aliphatic heterocycles. The fraction of sp³-hybridized carbons (Fsp3) is 0.432. The predicted octanol–water partition coefficient (Wildman–Crippen LogP) is 6.10. The number of β-amino-alcohol motifs (C(OH)–C–C–N with tert-alkyl or cyclic N) is 1. The minimum atomic E-state index is -0.918. The summed E-state index contributed by atoms with van der Waals surface area (Å²) in [5.41, 5.74) is 6.42. The first-order valence-corrected chi connectivity index (χ1v) is 21.8. The highest BCUT2D eigenvalue weighted by Crippen LogP contribution is 2.40. The Morgan fingerprint density at radius 1 is 0.966 bits per heavy atom. The summed E-state index contributed by atoms with van der Waals surface area (Å²) in [6.45, 7) is 11.1. The van der Waals surface area contributed by atoms with Gasteiger partial charge in [0.05, 0.1) is 27.9 Å². The summed E-state index contributed by atoms with van der Waals surface area (Å²) in [7, 11) is 0. The van der Waals surface area contributed by atoms with Crippen LogP contribution in [-0.4, -0.2) is 96.6 Å². The summed E-state index contributed by atoms with van der Waals surface area (Å²) >= 11 is 3.17. The molecular formula is C44H51N7O6S2. The first-order valence-electron chi connectivity index (χ1n) is 20.1. The molecule has 59 heavy (non-hydrogen) atoms. The van der Waals surface area contributed by atoms with Gasteiger partial charge in [0.25, 0.3) is 0 Å². The van der Waals surface area contributed by atoms with Crippen molar-refractivity contribution in [2.24, 2.45) is 5.41 Å². The Balaban J connectivity index is 0.867. The zero-order chi connectivity index (χ0) is 42.0. The number of amides is 4. The van der Waals surface area contributed by atoms with Gasteiger partial charge >= 0.3 is 0 Å². The van der Waals surface area contributed by atoms with Crippen molar-refractivity contribution in [3.8, 4) is 27.4 Å². The number of carbonyl (C=O) groups is 4. The predicted molar refractivity (Wildman–Crippen MR) is 229 cm³/mol. The van der Waals surface area contributed by atoms with E-state index in [1.54, 1.807) is 34.8 Å². The zero-order valence-electron chi connectivity index (χ0n) is 34.0. The number of aliphatic hydroxyl groups is 1. The Labute approximate surface area is 351 Å². The molecule has 3 aromatic heterocycles. The van der Waals surface area contributed by atoms with Gasteiger partial charge in [-0.25, -0.2) is 4.98 Å². The van der Waals surface area contributed by atoms with Gasteiger partial charge in [0.1, 0.15) is 22.7 Å². The van der Waals surface area contributed by atoms with Crippen molar-refractivity contribution in [3.63, 3.8) is 0 Å². The molecule has 2 saturated heterocycles. The average molecular weight is 838 g/mol. The van der Waals surface area contributed by atoms with Crippen LogP contribution in [0, 0.1) is 19.3 Å². The molecule has 0 aliphatic carbocycles. The van der Waals surface area contributed by atoms with Crippen LogP contribution in [0.2, 0.25) is 0 Å². The van der Waals surface area contributed by atoms with Crippen LogP contribution in [0.1, 0.15) is 80.5 Å². The van der Waals surface area contributed by atoms with Crippen LogP contribution in [0.4, 0.5) is 0 Å². The van der Waals surface area contributed by atoms with Crippen LogP contribution in [0.3, 0.4) is 0 Å². The van der Waals surface area contributed by atoms with E-state index < -0.39 is 29.5 Å². The van der Waals surface area contributed by atoms with Crippen LogP contribution in [0.5, 0.6) is 5.75 Å². The van der Waals surface area contributed by atoms with Gasteiger partial charge in [-0.3, -0.25) is 19.2 Å². The summed E-state index contributed by atoms with van der Waals surface area (Å²) in [5, 5.41) is 36.5. The highest BCUT2D eigenvalue weighted by atomic mass is 32.1. The number of aromatic hydroxyl groups is 1. The molecule has 5 heterocycles. The Bertz CT molecular complexity index is 2350. The van der Waals surface area contributed by atoms with Gasteiger partial charge in [0.2, 0.25) is 23.6 Å². The largest absolute Gasteiger partial charge is 0.507 e. The van der Waals surface area contributed by atoms with Crippen LogP contribution in [-0.2, 0) is 25.7 Å². The average Bonchev–Trinajstić information content (AvgIpc) is 3.89. The van der Waals surface area contributed by atoms with Gasteiger partial charge in [-0.2, -0.15) is 0 Å². The summed E-state index contributed by atoms with van der Waals surface area (Å²) in [4.78, 5) is 64.4. The molecule has 13 nitrogen and oxygen atoms in total. The molecule has 2 aliphatic rings. The summed E-state index contributed by atoms with van der Waals surface area (Å²) < 4.78 is 0. The number of aromatic nitrogens is 3. The number of nitrogens with one attached hydrogen (secondary N) is 2. The molecule has 0 unspecified atom stereocenters. The third kappa shape index (κ3) is 9.32. The number of hydrogen-bond acceptors (Lipinski definition) is 11. The van der Waals surface area contributed by atoms with E-state index in [-0.39, 0.29) is 55.3 Å². The number of hydrogen-bond donors (Lipinski definition) is 4. The van der Waals surface area contributed by atoms with Gasteiger partial charge in [-0.1, -0.05) is 57.2 Å². The normalized spacial score (nSPS) is 17.5. The van der Waals surface area contributed by atoms with Gasteiger partial charge in [-0.15, -0.1) is 32.9 Å². The molecule has 5 aromatic rings. The number of para-hydroxylation sites is 1. The summed E-state index contributed by atoms with van der Waals surface area (Å²) in [5.74, 6) is -0.664. The van der Waals surface area contributed by atoms with Crippen LogP contribution < -0.4 is 10.6 Å². The molecule has 2 fully saturated rings. The number of thiophene rings is 1. The van der Waals surface area contributed by atoms with Gasteiger partial charge in [-0.05, 0) is 67.0 Å². The number of phenols is 1. The maximum absolute atomic E-state index is 14.0. The Hall–Kier alpha value is -5.25. The molecule has 0 radical (unpaired) electrons. The standard InChI is InChI=1S/C44H51N7O6S2/c1-25-32-19-33(31-10-6-7-11-35(31)53)48-49-42(32)59-38(25)29-21-50(22-29)37(55)13-9-8-12-36(54)47-40(44(3,4)5)43(57)51-23-30(52)18-34(51)41(56)45-20-27-14-16-28(17-15-27)39-26(2)46-24-58-39/h6-7,10-11,14-17,19,24,29-30,34,40,52-53H,8-9,12-13,18,20-23H2,1-5H3,(H,45,56)(H,47,54)/t30-,34+,40-/m1/s1. The minimum absolute atomic E-state index is 0.00110. The number of carbonyl (C=O) groups excluding carboxylic acids is 4. The third-order valence-electron chi connectivity index (χ3n) is 11.3. The number of likely N-dealkylation sites (tertiary alicyclic amines) is 2. The topological polar surface area (TPSA) is 178 Å². The Kier molecular flexibility index (Phi) is 12.5. The summed E-state index contributed by atoms with van der Waals surface area (Å²) in [6.07, 6.45) is 0.723. The molecule has 0 bridgehead atoms. The van der Waals surface area contributed by atoms with E-state index in [4.69, 9.17) is 0 Å². The smallest absolute Gasteiger partial charge is 0.246 e. The highest BCUT2D eigenvalue weighted by molar-refractivity contribution is 7.19. The Morgan fingerprint density at radius 2 is 1.69 bits per heavy atom. The van der Waals surface area contributed by atoms with Crippen molar-refractivity contribution in [3.05, 3.63) is 81.8 Å². The minimum Gasteiger partial charge on any atom is -0.507 e. The van der Waals surface area contributed by atoms with E-state index in [1.165, 1.54) is 9.78 Å². The fourth-order valence-corrected chi connectivity index (χ4v) is 9.83. The molecule has 4 N–H and O–H groups in total. The first kappa shape index (κ1) is 41.9. The van der Waals surface area contributed by atoms with Crippen molar-refractivity contribution in [2.45, 2.75) is 97.4 Å². The highest BCUT2D eigenvalue weighted by Gasteiger charge is 2.44. The van der Waals surface area contributed by atoms with E-state index in [9.17, 15) is 29.4 Å². The molecule has 3 atom stereocenters. The number of phenolic OH excluding ortho intramolecular Hbond substituents is 1. The van der Waals surface area contributed by atoms with Gasteiger partial charge in [0.15, 0.2) is 0 Å². The molecule has 0 spiro atoms. The zero-order valence-corrected chi connectivity index (χ0v) is 35.7. The maximum Gasteiger partial charge on any atom is 0.246 e. The van der Waals surface area contributed by atoms with Crippen LogP contribution in [0.25, 0.3) is 31.9 Å². The lowest BCUT2D eigenvalue weighted by Gasteiger charge is -2.39. The van der Waals surface area contributed by atoms with Crippen molar-refractivity contribution >= 4 is 56.5 Å². The third-order valence-corrected chi connectivity index (χ3v) is 13.6. The Morgan fingerprint density at radius 3 is 2.39 bits per heavy atom. The molecule has 310 valence electrons. The molecule has 15 heteroatoms. The van der Waals surface area contributed by atoms with E-state index >= 15 is 0 Å². The lowest BCUT2D eigenvalue weighted by molar-refractivity contribution is -0.144. The van der Waals surface area contributed by atoms with Crippen LogP contribution in [0.15, 0.2) is 60.1 Å². The number of nitrogens with zero attached hydrogens (tertiary/aromatic N) is 5. The van der Waals surface area contributed by atoms with E-state index in [1.807, 2.05) is 80.6 Å². The fourth-order valence-electron chi connectivity index (χ4n) is 7.83.